The van der Waals surface area contributed by atoms with Crippen molar-refractivity contribution in [1.82, 2.24) is 0 Å². The highest BCUT2D eigenvalue weighted by Gasteiger charge is 2.17. The Kier molecular flexibility index (Phi) is 15.1. The predicted octanol–water partition coefficient (Wildman–Crippen LogP) is 7.63. The van der Waals surface area contributed by atoms with E-state index in [1.807, 2.05) is 0 Å². The molecule has 8 atom stereocenters. The Morgan fingerprint density at radius 3 is 1.43 bits per heavy atom. The number of hydrogen-bond acceptors (Lipinski definition) is 1. The number of rotatable bonds is 5. The Morgan fingerprint density at radius 1 is 0.714 bits per heavy atom. The van der Waals surface area contributed by atoms with Crippen LogP contribution in [0.1, 0.15) is 0 Å². The van der Waals surface area contributed by atoms with Gasteiger partial charge < -0.3 is 0 Å². The first-order valence-corrected chi connectivity index (χ1v) is 24.7. The van der Waals surface area contributed by atoms with E-state index >= 15 is 0 Å². The Morgan fingerprint density at radius 2 is 1.14 bits per heavy atom. The molecule has 0 amide bonds. The lowest BCUT2D eigenvalue weighted by Crippen LogP contribution is -1.40. The molecule has 0 saturated carbocycles. The minimum absolute atomic E-state index is 0.00874. The molecule has 0 bridgehead atoms. The Labute approximate surface area is 110 Å². The fourth-order valence-corrected chi connectivity index (χ4v) is 46.4. The molecule has 0 heterocycles. The molecule has 0 spiro atoms. The fraction of sp³-hybridized carbons (Fsp3) is 0. The van der Waals surface area contributed by atoms with Gasteiger partial charge in [-0.05, 0) is 21.0 Å². The van der Waals surface area contributed by atoms with Gasteiger partial charge in [-0.3, -0.25) is 0 Å². The van der Waals surface area contributed by atoms with Crippen molar-refractivity contribution in [3.63, 3.8) is 0 Å². The zero-order chi connectivity index (χ0) is 11.3. The van der Waals surface area contributed by atoms with Crippen LogP contribution in [0.15, 0.2) is 4.52 Å². The van der Waals surface area contributed by atoms with E-state index in [4.69, 9.17) is 4.52 Å². The van der Waals surface area contributed by atoms with Crippen molar-refractivity contribution < 1.29 is 0 Å². The van der Waals surface area contributed by atoms with Crippen LogP contribution in [0.25, 0.3) is 0 Å². The Hall–Kier alpha value is 5.26. The predicted molar refractivity (Wildman–Crippen MR) is 112 cm³/mol. The van der Waals surface area contributed by atoms with Gasteiger partial charge in [-0.25, -0.2) is 4.52 Å². The molecule has 0 rings (SSSR count). The SMILES string of the molecule is PP(P)P(P)/P=N/P(P(P)P)P(P)P. The second-order valence-corrected chi connectivity index (χ2v) is 45.1. The quantitative estimate of drug-likeness (QED) is 0.397. The highest BCUT2D eigenvalue weighted by Crippen LogP contribution is 3.00. The highest BCUT2D eigenvalue weighted by atomic mass is 33.0. The van der Waals surface area contributed by atoms with E-state index in [1.165, 1.54) is 8.06 Å². The average Bonchev–Trinajstić information content (AvgIpc) is 2.02. The fourth-order valence-electron chi connectivity index (χ4n) is 0.335. The van der Waals surface area contributed by atoms with E-state index in [0.29, 0.717) is 0 Å². The molecule has 0 aromatic carbocycles. The van der Waals surface area contributed by atoms with Crippen LogP contribution < -0.4 is 0 Å². The maximum absolute atomic E-state index is 4.85. The molecule has 84 valence electrons. The molecule has 0 aromatic heterocycles. The molecule has 0 N–H and O–H groups in total. The molecule has 14 heteroatoms. The van der Waals surface area contributed by atoms with Crippen molar-refractivity contribution in [2.24, 2.45) is 4.52 Å². The summed E-state index contributed by atoms with van der Waals surface area (Å²) in [4.78, 5) is 0. The van der Waals surface area contributed by atoms with Gasteiger partial charge in [0.2, 0.25) is 0 Å². The summed E-state index contributed by atoms with van der Waals surface area (Å²) in [5.74, 6) is 0. The molecule has 0 aliphatic heterocycles. The smallest absolute Gasteiger partial charge is 0.0845 e. The van der Waals surface area contributed by atoms with Gasteiger partial charge in [0.05, 0.1) is 7.45 Å². The first kappa shape index (κ1) is 19.3. The molecule has 0 radical (unpaired) electrons. The highest BCUT2D eigenvalue weighted by molar-refractivity contribution is 8.98. The maximum atomic E-state index is 4.85. The number of hydrogen-bond donors (Lipinski definition) is 0. The molecule has 8 unspecified atom stereocenters. The lowest BCUT2D eigenvalue weighted by molar-refractivity contribution is 2.09. The summed E-state index contributed by atoms with van der Waals surface area (Å²) in [6, 6.07) is 0. The summed E-state index contributed by atoms with van der Waals surface area (Å²) < 4.78 is 4.85. The lowest BCUT2D eigenvalue weighted by Gasteiger charge is -2.20. The van der Waals surface area contributed by atoms with Gasteiger partial charge in [-0.15, -0.1) is 53.6 Å². The van der Waals surface area contributed by atoms with Crippen LogP contribution in [0, 0.1) is 0 Å². The second-order valence-electron chi connectivity index (χ2n) is 1.91. The topological polar surface area (TPSA) is 12.4 Å². The molecule has 0 fully saturated rings. The van der Waals surface area contributed by atoms with Crippen LogP contribution in [0.5, 0.6) is 0 Å². The minimum Gasteiger partial charge on any atom is -0.230 e. The monoisotopic (exact) mass is 431 g/mol. The third-order valence-corrected chi connectivity index (χ3v) is 47.2. The molecule has 14 heavy (non-hydrogen) atoms. The average molecular weight is 431 g/mol. The third kappa shape index (κ3) is 9.21. The van der Waals surface area contributed by atoms with Gasteiger partial charge in [0.25, 0.3) is 0 Å². The third-order valence-electron chi connectivity index (χ3n) is 0.861. The van der Waals surface area contributed by atoms with Crippen LogP contribution in [-0.2, 0) is 0 Å². The summed E-state index contributed by atoms with van der Waals surface area (Å²) in [5.41, 5.74) is 0. The molecule has 1 nitrogen and oxygen atoms in total. The van der Waals surface area contributed by atoms with Crippen LogP contribution in [0.2, 0.25) is 0 Å². The van der Waals surface area contributed by atoms with Crippen molar-refractivity contribution in [1.29, 1.82) is 0 Å². The summed E-state index contributed by atoms with van der Waals surface area (Å²) >= 11 is 0. The number of nitrogens with zero attached hydrogens (tertiary/aromatic N) is 1. The van der Waals surface area contributed by atoms with Crippen molar-refractivity contribution in [3.05, 3.63) is 0 Å². The standard InChI is InChI=1S/H14NP13/c2-11(3)10(12(4)5)1-9-14(8)13(6)7/h2-8H2. The molecule has 0 saturated heterocycles. The normalized spacial score (nSPS) is 15.4. The molecular weight excluding hydrogens is 417 g/mol. The van der Waals surface area contributed by atoms with Crippen LogP contribution in [-0.4, -0.2) is 0 Å². The first-order valence-electron chi connectivity index (χ1n) is 3.01. The summed E-state index contributed by atoms with van der Waals surface area (Å²) in [6.45, 7) is -0.0809. The second kappa shape index (κ2) is 11.0. The van der Waals surface area contributed by atoms with Gasteiger partial charge in [-0.1, -0.05) is 8.93 Å². The minimum atomic E-state index is -0.147. The van der Waals surface area contributed by atoms with Gasteiger partial charge in [0.15, 0.2) is 0 Å². The summed E-state index contributed by atoms with van der Waals surface area (Å²) in [5, 5.41) is 0. The van der Waals surface area contributed by atoms with Crippen LogP contribution in [0.4, 0.5) is 0 Å². The van der Waals surface area contributed by atoms with E-state index in [1.54, 1.807) is 0 Å². The van der Waals surface area contributed by atoms with E-state index in [0.717, 1.165) is 0 Å². The summed E-state index contributed by atoms with van der Waals surface area (Å²) in [6.07, 6.45) is 0. The van der Waals surface area contributed by atoms with E-state index in [2.05, 4.69) is 62.5 Å². The van der Waals surface area contributed by atoms with Gasteiger partial charge in [-0.2, -0.15) is 0 Å². The summed E-state index contributed by atoms with van der Waals surface area (Å²) in [7, 11) is 21.5. The molecule has 0 aliphatic rings. The zero-order valence-corrected chi connectivity index (χ0v) is 20.6. The largest absolute Gasteiger partial charge is 0.230 e. The Bertz CT molecular complexity index is 160. The van der Waals surface area contributed by atoms with Crippen molar-refractivity contribution in [2.45, 2.75) is 0 Å². The van der Waals surface area contributed by atoms with Crippen molar-refractivity contribution in [3.8, 4) is 0 Å². The van der Waals surface area contributed by atoms with Crippen LogP contribution in [0.3, 0.4) is 0 Å². The van der Waals surface area contributed by atoms with Gasteiger partial charge >= 0.3 is 0 Å². The molecule has 0 aromatic rings. The van der Waals surface area contributed by atoms with Gasteiger partial charge in [0, 0.05) is 15.0 Å². The first-order chi connectivity index (χ1) is 6.36. The van der Waals surface area contributed by atoms with E-state index in [9.17, 15) is 0 Å². The lowest BCUT2D eigenvalue weighted by atomic mass is 13.9. The van der Waals surface area contributed by atoms with Crippen LogP contribution >= 0.6 is 106 Å². The zero-order valence-electron chi connectivity index (χ0n) is 7.17. The Balaban J connectivity index is 4.29. The van der Waals surface area contributed by atoms with Crippen molar-refractivity contribution >= 4 is 106 Å². The molecule has 0 aliphatic carbocycles. The molecular formula is H14NP13. The maximum Gasteiger partial charge on any atom is 0.0845 e. The van der Waals surface area contributed by atoms with Gasteiger partial charge in [0.1, 0.15) is 0 Å². The van der Waals surface area contributed by atoms with E-state index < -0.39 is 0 Å². The van der Waals surface area contributed by atoms with E-state index in [-0.39, 0.29) is 35.4 Å². The van der Waals surface area contributed by atoms with Crippen molar-refractivity contribution in [2.75, 3.05) is 0 Å².